The minimum Gasteiger partial charge on any atom is -0.378 e. The molecule has 6 nitrogen and oxygen atoms in total. The molecule has 6 heteroatoms. The third-order valence-electron chi connectivity index (χ3n) is 4.57. The first-order valence-corrected chi connectivity index (χ1v) is 9.11. The largest absolute Gasteiger partial charge is 0.378 e. The Bertz CT molecular complexity index is 779. The Morgan fingerprint density at radius 3 is 2.19 bits per heavy atom. The molecule has 0 spiro atoms. The summed E-state index contributed by atoms with van der Waals surface area (Å²) in [5.74, 6) is -0.365. The molecule has 2 aromatic rings. The van der Waals surface area contributed by atoms with Gasteiger partial charge in [0, 0.05) is 49.7 Å². The molecule has 2 amide bonds. The molecule has 3 rings (SSSR count). The summed E-state index contributed by atoms with van der Waals surface area (Å²) in [7, 11) is 3.93. The van der Waals surface area contributed by atoms with Gasteiger partial charge in [-0.2, -0.15) is 0 Å². The molecule has 0 aliphatic carbocycles. The maximum atomic E-state index is 12.4. The fourth-order valence-electron chi connectivity index (χ4n) is 2.93. The van der Waals surface area contributed by atoms with E-state index in [2.05, 4.69) is 10.6 Å². The van der Waals surface area contributed by atoms with Gasteiger partial charge in [-0.15, -0.1) is 0 Å². The molecule has 1 aliphatic heterocycles. The van der Waals surface area contributed by atoms with Gasteiger partial charge in [0.25, 0.3) is 11.8 Å². The van der Waals surface area contributed by atoms with Gasteiger partial charge >= 0.3 is 0 Å². The van der Waals surface area contributed by atoms with Gasteiger partial charge < -0.3 is 20.3 Å². The van der Waals surface area contributed by atoms with Gasteiger partial charge in [-0.05, 0) is 61.4 Å². The quantitative estimate of drug-likeness (QED) is 0.824. The Morgan fingerprint density at radius 1 is 1.00 bits per heavy atom. The number of carbonyl (C=O) groups excluding carboxylic acids is 2. The van der Waals surface area contributed by atoms with Crippen LogP contribution in [0.4, 0.5) is 11.4 Å². The third-order valence-corrected chi connectivity index (χ3v) is 4.57. The molecule has 0 bridgehead atoms. The number of amides is 2. The second-order valence-electron chi connectivity index (χ2n) is 6.82. The Morgan fingerprint density at radius 2 is 1.63 bits per heavy atom. The highest BCUT2D eigenvalue weighted by Gasteiger charge is 2.17. The lowest BCUT2D eigenvalue weighted by Gasteiger charge is -2.13. The van der Waals surface area contributed by atoms with E-state index in [0.717, 1.165) is 30.8 Å². The highest BCUT2D eigenvalue weighted by atomic mass is 16.5. The van der Waals surface area contributed by atoms with Crippen molar-refractivity contribution < 1.29 is 14.3 Å². The third kappa shape index (κ3) is 5.08. The lowest BCUT2D eigenvalue weighted by Crippen LogP contribution is -2.31. The van der Waals surface area contributed by atoms with Crippen LogP contribution in [0.2, 0.25) is 0 Å². The molecule has 0 aromatic heterocycles. The SMILES string of the molecule is CN(C)c1ccc(NC(=O)c2ccc(C(=O)NCC3CCCO3)cc2)cc1. The molecule has 0 radical (unpaired) electrons. The average Bonchev–Trinajstić information content (AvgIpc) is 3.20. The molecule has 142 valence electrons. The van der Waals surface area contributed by atoms with Crippen LogP contribution in [0.15, 0.2) is 48.5 Å². The topological polar surface area (TPSA) is 70.7 Å². The molecule has 1 heterocycles. The van der Waals surface area contributed by atoms with Gasteiger partial charge in [0.2, 0.25) is 0 Å². The highest BCUT2D eigenvalue weighted by molar-refractivity contribution is 6.05. The number of nitrogens with zero attached hydrogens (tertiary/aromatic N) is 1. The molecule has 2 N–H and O–H groups in total. The molecule has 1 fully saturated rings. The molecule has 1 unspecified atom stereocenters. The van der Waals surface area contributed by atoms with Crippen molar-refractivity contribution in [2.75, 3.05) is 37.5 Å². The van der Waals surface area contributed by atoms with Crippen LogP contribution >= 0.6 is 0 Å². The van der Waals surface area contributed by atoms with Gasteiger partial charge in [-0.25, -0.2) is 0 Å². The lowest BCUT2D eigenvalue weighted by atomic mass is 10.1. The zero-order valence-electron chi connectivity index (χ0n) is 15.7. The number of anilines is 2. The number of carbonyl (C=O) groups is 2. The summed E-state index contributed by atoms with van der Waals surface area (Å²) in [5, 5.41) is 5.74. The molecular formula is C21H25N3O3. The predicted octanol–water partition coefficient (Wildman–Crippen LogP) is 2.91. The molecular weight excluding hydrogens is 342 g/mol. The van der Waals surface area contributed by atoms with Crippen molar-refractivity contribution in [2.24, 2.45) is 0 Å². The molecule has 1 aliphatic rings. The second kappa shape index (κ2) is 8.68. The maximum absolute atomic E-state index is 12.4. The van der Waals surface area contributed by atoms with E-state index >= 15 is 0 Å². The first kappa shape index (κ1) is 18.9. The Kier molecular flexibility index (Phi) is 6.08. The van der Waals surface area contributed by atoms with Gasteiger partial charge in [-0.3, -0.25) is 9.59 Å². The molecule has 27 heavy (non-hydrogen) atoms. The van der Waals surface area contributed by atoms with Crippen LogP contribution < -0.4 is 15.5 Å². The standard InChI is InChI=1S/C21H25N3O3/c1-24(2)18-11-9-17(10-12-18)23-21(26)16-7-5-15(6-8-16)20(25)22-14-19-4-3-13-27-19/h5-12,19H,3-4,13-14H2,1-2H3,(H,22,25)(H,23,26). The van der Waals surface area contributed by atoms with Gasteiger partial charge in [0.15, 0.2) is 0 Å². The van der Waals surface area contributed by atoms with Crippen LogP contribution in [0.5, 0.6) is 0 Å². The molecule has 2 aromatic carbocycles. The van der Waals surface area contributed by atoms with Crippen LogP contribution in [0.25, 0.3) is 0 Å². The van der Waals surface area contributed by atoms with Crippen molar-refractivity contribution >= 4 is 23.2 Å². The van der Waals surface area contributed by atoms with Crippen molar-refractivity contribution in [1.82, 2.24) is 5.32 Å². The van der Waals surface area contributed by atoms with Crippen molar-refractivity contribution in [1.29, 1.82) is 0 Å². The van der Waals surface area contributed by atoms with Gasteiger partial charge in [0.1, 0.15) is 0 Å². The molecule has 1 atom stereocenters. The number of hydrogen-bond acceptors (Lipinski definition) is 4. The molecule has 1 saturated heterocycles. The van der Waals surface area contributed by atoms with E-state index < -0.39 is 0 Å². The summed E-state index contributed by atoms with van der Waals surface area (Å²) in [6, 6.07) is 14.2. The summed E-state index contributed by atoms with van der Waals surface area (Å²) < 4.78 is 5.50. The number of rotatable bonds is 6. The van der Waals surface area contributed by atoms with E-state index in [1.807, 2.05) is 43.3 Å². The Labute approximate surface area is 159 Å². The van der Waals surface area contributed by atoms with Crippen LogP contribution in [-0.2, 0) is 4.74 Å². The minimum absolute atomic E-state index is 0.109. The van der Waals surface area contributed by atoms with Crippen LogP contribution in [0.1, 0.15) is 33.6 Å². The monoisotopic (exact) mass is 367 g/mol. The zero-order chi connectivity index (χ0) is 19.2. The van der Waals surface area contributed by atoms with Crippen LogP contribution in [0, 0.1) is 0 Å². The van der Waals surface area contributed by atoms with E-state index in [9.17, 15) is 9.59 Å². The summed E-state index contributed by atoms with van der Waals surface area (Å²) in [5.41, 5.74) is 2.82. The fourth-order valence-corrected chi connectivity index (χ4v) is 2.93. The van der Waals surface area contributed by atoms with E-state index in [1.165, 1.54) is 0 Å². The van der Waals surface area contributed by atoms with Crippen molar-refractivity contribution in [3.8, 4) is 0 Å². The zero-order valence-corrected chi connectivity index (χ0v) is 15.7. The number of nitrogens with one attached hydrogen (secondary N) is 2. The minimum atomic E-state index is -0.209. The summed E-state index contributed by atoms with van der Waals surface area (Å²) in [6.45, 7) is 1.28. The predicted molar refractivity (Wildman–Crippen MR) is 106 cm³/mol. The van der Waals surface area contributed by atoms with Crippen molar-refractivity contribution in [2.45, 2.75) is 18.9 Å². The normalized spacial score (nSPS) is 16.0. The molecule has 0 saturated carbocycles. The van der Waals surface area contributed by atoms with E-state index in [4.69, 9.17) is 4.74 Å². The lowest BCUT2D eigenvalue weighted by molar-refractivity contribution is 0.0857. The smallest absolute Gasteiger partial charge is 0.255 e. The van der Waals surface area contributed by atoms with Gasteiger partial charge in [-0.1, -0.05) is 0 Å². The summed E-state index contributed by atoms with van der Waals surface area (Å²) in [6.07, 6.45) is 2.13. The average molecular weight is 367 g/mol. The number of hydrogen-bond donors (Lipinski definition) is 2. The Balaban J connectivity index is 1.55. The highest BCUT2D eigenvalue weighted by Crippen LogP contribution is 2.17. The maximum Gasteiger partial charge on any atom is 0.255 e. The summed E-state index contributed by atoms with van der Waals surface area (Å²) in [4.78, 5) is 26.6. The first-order chi connectivity index (χ1) is 13.0. The van der Waals surface area contributed by atoms with Crippen LogP contribution in [-0.4, -0.2) is 45.2 Å². The van der Waals surface area contributed by atoms with E-state index in [1.54, 1.807) is 24.3 Å². The number of benzene rings is 2. The Hall–Kier alpha value is -2.86. The first-order valence-electron chi connectivity index (χ1n) is 9.11. The van der Waals surface area contributed by atoms with Crippen LogP contribution in [0.3, 0.4) is 0 Å². The second-order valence-corrected chi connectivity index (χ2v) is 6.82. The van der Waals surface area contributed by atoms with Crippen molar-refractivity contribution in [3.63, 3.8) is 0 Å². The van der Waals surface area contributed by atoms with Gasteiger partial charge in [0.05, 0.1) is 6.10 Å². The fraction of sp³-hybridized carbons (Fsp3) is 0.333. The van der Waals surface area contributed by atoms with Crippen molar-refractivity contribution in [3.05, 3.63) is 59.7 Å². The van der Waals surface area contributed by atoms with E-state index in [-0.39, 0.29) is 17.9 Å². The number of ether oxygens (including phenoxy) is 1. The van der Waals surface area contributed by atoms with E-state index in [0.29, 0.717) is 17.7 Å². The summed E-state index contributed by atoms with van der Waals surface area (Å²) >= 11 is 0.